The fraction of sp³-hybridized carbons (Fsp3) is 0.750. The highest BCUT2D eigenvalue weighted by molar-refractivity contribution is 7.71. The van der Waals surface area contributed by atoms with Crippen molar-refractivity contribution in [2.45, 2.75) is 18.8 Å². The predicted octanol–water partition coefficient (Wildman–Crippen LogP) is 1.37. The summed E-state index contributed by atoms with van der Waals surface area (Å²) in [5.74, 6) is 1.57. The lowest BCUT2D eigenvalue weighted by Gasteiger charge is -2.20. The van der Waals surface area contributed by atoms with E-state index in [1.807, 2.05) is 11.6 Å². The van der Waals surface area contributed by atoms with Crippen LogP contribution < -0.4 is 0 Å². The molecule has 1 fully saturated rings. The molecular formula is C8H13N3OS. The average Bonchev–Trinajstić information content (AvgIpc) is 2.49. The van der Waals surface area contributed by atoms with Crippen molar-refractivity contribution >= 4 is 12.2 Å². The molecule has 1 saturated heterocycles. The van der Waals surface area contributed by atoms with Crippen LogP contribution in [0.25, 0.3) is 0 Å². The van der Waals surface area contributed by atoms with E-state index >= 15 is 0 Å². The van der Waals surface area contributed by atoms with Gasteiger partial charge in [-0.2, -0.15) is 5.10 Å². The number of ether oxygens (including phenoxy) is 1. The Morgan fingerprint density at radius 3 is 2.77 bits per heavy atom. The Hall–Kier alpha value is -0.680. The van der Waals surface area contributed by atoms with Crippen LogP contribution >= 0.6 is 12.2 Å². The Bertz CT molecular complexity index is 337. The van der Waals surface area contributed by atoms with Gasteiger partial charge in [-0.15, -0.1) is 0 Å². The molecule has 0 aromatic carbocycles. The largest absolute Gasteiger partial charge is 0.381 e. The smallest absolute Gasteiger partial charge is 0.194 e. The number of nitrogens with one attached hydrogen (secondary N) is 1. The van der Waals surface area contributed by atoms with Crippen LogP contribution in [-0.2, 0) is 11.8 Å². The third-order valence-electron chi connectivity index (χ3n) is 2.50. The quantitative estimate of drug-likeness (QED) is 0.695. The molecule has 1 aromatic heterocycles. The highest BCUT2D eigenvalue weighted by Gasteiger charge is 2.20. The number of hydrogen-bond donors (Lipinski definition) is 1. The van der Waals surface area contributed by atoms with Gasteiger partial charge in [0.1, 0.15) is 5.82 Å². The minimum atomic E-state index is 0.506. The normalized spacial score (nSPS) is 19.2. The lowest BCUT2D eigenvalue weighted by molar-refractivity contribution is 0.0829. The zero-order valence-electron chi connectivity index (χ0n) is 7.62. The summed E-state index contributed by atoms with van der Waals surface area (Å²) in [7, 11) is 1.95. The van der Waals surface area contributed by atoms with Crippen molar-refractivity contribution < 1.29 is 4.74 Å². The van der Waals surface area contributed by atoms with Crippen molar-refractivity contribution in [1.29, 1.82) is 0 Å². The Labute approximate surface area is 81.9 Å². The molecule has 0 radical (unpaired) electrons. The van der Waals surface area contributed by atoms with E-state index in [0.29, 0.717) is 10.7 Å². The number of aromatic amines is 1. The number of H-pyrrole nitrogens is 1. The van der Waals surface area contributed by atoms with E-state index in [4.69, 9.17) is 17.0 Å². The predicted molar refractivity (Wildman–Crippen MR) is 51.2 cm³/mol. The molecule has 13 heavy (non-hydrogen) atoms. The highest BCUT2D eigenvalue weighted by atomic mass is 32.1. The molecule has 1 aliphatic rings. The molecule has 0 saturated carbocycles. The van der Waals surface area contributed by atoms with Crippen LogP contribution in [0.15, 0.2) is 0 Å². The molecule has 0 unspecified atom stereocenters. The molecular weight excluding hydrogens is 186 g/mol. The lowest BCUT2D eigenvalue weighted by Crippen LogP contribution is -2.17. The summed E-state index contributed by atoms with van der Waals surface area (Å²) in [6, 6.07) is 0. The monoisotopic (exact) mass is 199 g/mol. The van der Waals surface area contributed by atoms with Gasteiger partial charge < -0.3 is 9.30 Å². The second-order valence-electron chi connectivity index (χ2n) is 3.33. The first-order valence-corrected chi connectivity index (χ1v) is 4.89. The van der Waals surface area contributed by atoms with Gasteiger partial charge in [0.15, 0.2) is 4.77 Å². The lowest BCUT2D eigenvalue weighted by atomic mass is 10.00. The molecule has 0 aliphatic carbocycles. The van der Waals surface area contributed by atoms with Gasteiger partial charge in [0.25, 0.3) is 0 Å². The minimum Gasteiger partial charge on any atom is -0.381 e. The van der Waals surface area contributed by atoms with Gasteiger partial charge in [-0.05, 0) is 25.1 Å². The molecule has 0 atom stereocenters. The van der Waals surface area contributed by atoms with Crippen LogP contribution in [0.1, 0.15) is 24.6 Å². The topological polar surface area (TPSA) is 42.8 Å². The Morgan fingerprint density at radius 1 is 1.54 bits per heavy atom. The highest BCUT2D eigenvalue weighted by Crippen LogP contribution is 2.24. The number of nitrogens with zero attached hydrogens (tertiary/aromatic N) is 2. The molecule has 1 aliphatic heterocycles. The van der Waals surface area contributed by atoms with Crippen LogP contribution in [0.2, 0.25) is 0 Å². The van der Waals surface area contributed by atoms with Crippen molar-refractivity contribution in [3.63, 3.8) is 0 Å². The standard InChI is InChI=1S/C8H13N3OS/c1-11-7(9-10-8(11)13)6-2-4-12-5-3-6/h6H,2-5H2,1H3,(H,10,13). The molecule has 0 spiro atoms. The minimum absolute atomic E-state index is 0.506. The van der Waals surface area contributed by atoms with E-state index in [2.05, 4.69) is 10.2 Å². The third kappa shape index (κ3) is 1.66. The summed E-state index contributed by atoms with van der Waals surface area (Å²) in [5.41, 5.74) is 0. The van der Waals surface area contributed by atoms with Gasteiger partial charge in [0.05, 0.1) is 0 Å². The summed E-state index contributed by atoms with van der Waals surface area (Å²) in [4.78, 5) is 0. The fourth-order valence-corrected chi connectivity index (χ4v) is 1.82. The molecule has 2 heterocycles. The molecule has 72 valence electrons. The van der Waals surface area contributed by atoms with Crippen LogP contribution in [0.4, 0.5) is 0 Å². The van der Waals surface area contributed by atoms with Crippen molar-refractivity contribution in [1.82, 2.24) is 14.8 Å². The van der Waals surface area contributed by atoms with Crippen molar-refractivity contribution in [3.8, 4) is 0 Å². The van der Waals surface area contributed by atoms with Crippen molar-refractivity contribution in [2.24, 2.45) is 7.05 Å². The summed E-state index contributed by atoms with van der Waals surface area (Å²) < 4.78 is 7.94. The Balaban J connectivity index is 2.23. The maximum atomic E-state index is 5.29. The SMILES string of the molecule is Cn1c(C2CCOCC2)n[nH]c1=S. The third-order valence-corrected chi connectivity index (χ3v) is 2.87. The summed E-state index contributed by atoms with van der Waals surface area (Å²) in [5, 5.41) is 7.04. The van der Waals surface area contributed by atoms with Crippen LogP contribution in [0.3, 0.4) is 0 Å². The number of aromatic nitrogens is 3. The van der Waals surface area contributed by atoms with E-state index in [1.165, 1.54) is 0 Å². The first-order chi connectivity index (χ1) is 6.29. The first kappa shape index (κ1) is 8.90. The van der Waals surface area contributed by atoms with Gasteiger partial charge in [0, 0.05) is 26.2 Å². The van der Waals surface area contributed by atoms with Gasteiger partial charge in [-0.3, -0.25) is 5.10 Å². The number of rotatable bonds is 1. The van der Waals surface area contributed by atoms with E-state index < -0.39 is 0 Å². The second-order valence-corrected chi connectivity index (χ2v) is 3.72. The van der Waals surface area contributed by atoms with E-state index in [0.717, 1.165) is 31.9 Å². The first-order valence-electron chi connectivity index (χ1n) is 4.48. The molecule has 0 bridgehead atoms. The van der Waals surface area contributed by atoms with E-state index in [9.17, 15) is 0 Å². The molecule has 1 aromatic rings. The maximum absolute atomic E-state index is 5.29. The molecule has 4 nitrogen and oxygen atoms in total. The summed E-state index contributed by atoms with van der Waals surface area (Å²) in [6.45, 7) is 1.68. The van der Waals surface area contributed by atoms with Crippen LogP contribution in [0, 0.1) is 4.77 Å². The molecule has 1 N–H and O–H groups in total. The molecule has 5 heteroatoms. The maximum Gasteiger partial charge on any atom is 0.194 e. The average molecular weight is 199 g/mol. The van der Waals surface area contributed by atoms with Crippen LogP contribution in [-0.4, -0.2) is 28.0 Å². The number of hydrogen-bond acceptors (Lipinski definition) is 3. The molecule has 0 amide bonds. The van der Waals surface area contributed by atoms with Gasteiger partial charge >= 0.3 is 0 Å². The summed E-state index contributed by atoms with van der Waals surface area (Å²) in [6.07, 6.45) is 2.10. The van der Waals surface area contributed by atoms with Crippen molar-refractivity contribution in [3.05, 3.63) is 10.6 Å². The Kier molecular flexibility index (Phi) is 2.46. The zero-order chi connectivity index (χ0) is 9.26. The second kappa shape index (κ2) is 3.59. The van der Waals surface area contributed by atoms with Gasteiger partial charge in [0.2, 0.25) is 0 Å². The molecule has 2 rings (SSSR count). The van der Waals surface area contributed by atoms with E-state index in [1.54, 1.807) is 0 Å². The summed E-state index contributed by atoms with van der Waals surface area (Å²) >= 11 is 5.06. The van der Waals surface area contributed by atoms with Gasteiger partial charge in [-0.25, -0.2) is 0 Å². The fourth-order valence-electron chi connectivity index (χ4n) is 1.68. The Morgan fingerprint density at radius 2 is 2.23 bits per heavy atom. The van der Waals surface area contributed by atoms with E-state index in [-0.39, 0.29) is 0 Å². The van der Waals surface area contributed by atoms with Crippen LogP contribution in [0.5, 0.6) is 0 Å². The zero-order valence-corrected chi connectivity index (χ0v) is 8.43. The van der Waals surface area contributed by atoms with Gasteiger partial charge in [-0.1, -0.05) is 0 Å². The van der Waals surface area contributed by atoms with Crippen molar-refractivity contribution in [2.75, 3.05) is 13.2 Å².